The zero-order chi connectivity index (χ0) is 12.8. The summed E-state index contributed by atoms with van der Waals surface area (Å²) in [6.07, 6.45) is 0.828. The standard InChI is InChI=1S/C11H13N3O3/c1-11(2)3-5-7(6(15)4-11)8(9(16)17)14-10(12)13-5/h3-4H2,1-2H3,(H,16,17)(H2,12,13,14). The normalized spacial score (nSPS) is 17.6. The number of carbonyl (C=O) groups excluding carboxylic acids is 1. The van der Waals surface area contributed by atoms with E-state index in [4.69, 9.17) is 10.8 Å². The second-order valence-corrected chi connectivity index (χ2v) is 5.00. The predicted molar refractivity (Wildman–Crippen MR) is 59.8 cm³/mol. The summed E-state index contributed by atoms with van der Waals surface area (Å²) in [5, 5.41) is 9.02. The minimum absolute atomic E-state index is 0.105. The van der Waals surface area contributed by atoms with Gasteiger partial charge in [0.15, 0.2) is 11.5 Å². The lowest BCUT2D eigenvalue weighted by Gasteiger charge is -2.29. The number of carboxylic acid groups (broad SMARTS) is 1. The summed E-state index contributed by atoms with van der Waals surface area (Å²) < 4.78 is 0. The number of Topliss-reactive ketones (excluding diaryl/α,β-unsaturated/α-hetero) is 1. The van der Waals surface area contributed by atoms with Gasteiger partial charge in [-0.05, 0) is 11.8 Å². The highest BCUT2D eigenvalue weighted by molar-refractivity contribution is 6.06. The minimum Gasteiger partial charge on any atom is -0.476 e. The van der Waals surface area contributed by atoms with Crippen molar-refractivity contribution in [3.8, 4) is 0 Å². The van der Waals surface area contributed by atoms with E-state index in [1.165, 1.54) is 0 Å². The molecule has 0 unspecified atom stereocenters. The maximum Gasteiger partial charge on any atom is 0.355 e. The van der Waals surface area contributed by atoms with Crippen LogP contribution in [-0.4, -0.2) is 26.8 Å². The summed E-state index contributed by atoms with van der Waals surface area (Å²) in [4.78, 5) is 30.6. The number of aromatic carboxylic acids is 1. The molecule has 0 radical (unpaired) electrons. The summed E-state index contributed by atoms with van der Waals surface area (Å²) in [7, 11) is 0. The Morgan fingerprint density at radius 1 is 1.35 bits per heavy atom. The number of carboxylic acids is 1. The van der Waals surface area contributed by atoms with Gasteiger partial charge in [0.05, 0.1) is 11.3 Å². The van der Waals surface area contributed by atoms with E-state index < -0.39 is 5.97 Å². The van der Waals surface area contributed by atoms with E-state index in [-0.39, 0.29) is 28.4 Å². The summed E-state index contributed by atoms with van der Waals surface area (Å²) in [5.74, 6) is -1.58. The van der Waals surface area contributed by atoms with Crippen LogP contribution in [0.5, 0.6) is 0 Å². The lowest BCUT2D eigenvalue weighted by atomic mass is 9.75. The van der Waals surface area contributed by atoms with Crippen LogP contribution in [0.4, 0.5) is 5.95 Å². The molecule has 1 aromatic heterocycles. The lowest BCUT2D eigenvalue weighted by molar-refractivity contribution is 0.0681. The molecular weight excluding hydrogens is 222 g/mol. The van der Waals surface area contributed by atoms with E-state index in [9.17, 15) is 9.59 Å². The van der Waals surface area contributed by atoms with Gasteiger partial charge in [-0.25, -0.2) is 14.8 Å². The summed E-state index contributed by atoms with van der Waals surface area (Å²) >= 11 is 0. The van der Waals surface area contributed by atoms with Crippen LogP contribution < -0.4 is 5.73 Å². The molecule has 0 fully saturated rings. The van der Waals surface area contributed by atoms with E-state index in [2.05, 4.69) is 9.97 Å². The first kappa shape index (κ1) is 11.5. The van der Waals surface area contributed by atoms with E-state index in [0.717, 1.165) is 0 Å². The fourth-order valence-electron chi connectivity index (χ4n) is 2.14. The molecule has 6 heteroatoms. The van der Waals surface area contributed by atoms with Crippen LogP contribution in [0.15, 0.2) is 0 Å². The van der Waals surface area contributed by atoms with E-state index in [0.29, 0.717) is 18.5 Å². The number of anilines is 1. The van der Waals surface area contributed by atoms with Crippen molar-refractivity contribution in [1.29, 1.82) is 0 Å². The summed E-state index contributed by atoms with van der Waals surface area (Å²) in [6, 6.07) is 0. The van der Waals surface area contributed by atoms with Crippen molar-refractivity contribution in [1.82, 2.24) is 9.97 Å². The van der Waals surface area contributed by atoms with Crippen LogP contribution >= 0.6 is 0 Å². The zero-order valence-corrected chi connectivity index (χ0v) is 9.65. The number of hydrogen-bond donors (Lipinski definition) is 2. The molecule has 0 aliphatic heterocycles. The van der Waals surface area contributed by atoms with Gasteiger partial charge in [0.1, 0.15) is 0 Å². The molecule has 0 saturated carbocycles. The maximum absolute atomic E-state index is 12.0. The Kier molecular flexibility index (Phi) is 2.38. The largest absolute Gasteiger partial charge is 0.476 e. The molecule has 0 bridgehead atoms. The van der Waals surface area contributed by atoms with Gasteiger partial charge >= 0.3 is 5.97 Å². The Bertz CT molecular complexity index is 523. The number of aromatic nitrogens is 2. The van der Waals surface area contributed by atoms with Gasteiger partial charge in [-0.15, -0.1) is 0 Å². The molecule has 0 spiro atoms. The highest BCUT2D eigenvalue weighted by atomic mass is 16.4. The van der Waals surface area contributed by atoms with Crippen LogP contribution in [0, 0.1) is 5.41 Å². The van der Waals surface area contributed by atoms with E-state index in [1.54, 1.807) is 0 Å². The first-order valence-electron chi connectivity index (χ1n) is 5.23. The van der Waals surface area contributed by atoms with E-state index in [1.807, 2.05) is 13.8 Å². The monoisotopic (exact) mass is 235 g/mol. The van der Waals surface area contributed by atoms with Crippen LogP contribution in [0.25, 0.3) is 0 Å². The molecule has 1 aliphatic carbocycles. The number of carbonyl (C=O) groups is 2. The van der Waals surface area contributed by atoms with Crippen LogP contribution in [-0.2, 0) is 6.42 Å². The van der Waals surface area contributed by atoms with Crippen molar-refractivity contribution in [2.24, 2.45) is 5.41 Å². The molecule has 0 saturated heterocycles. The molecule has 2 rings (SSSR count). The number of nitrogens with zero attached hydrogens (tertiary/aromatic N) is 2. The molecule has 3 N–H and O–H groups in total. The highest BCUT2D eigenvalue weighted by Crippen LogP contribution is 2.34. The first-order chi connectivity index (χ1) is 7.80. The maximum atomic E-state index is 12.0. The number of fused-ring (bicyclic) bond motifs is 1. The Balaban J connectivity index is 2.67. The molecule has 0 amide bonds. The van der Waals surface area contributed by atoms with Gasteiger partial charge in [-0.1, -0.05) is 13.8 Å². The fraction of sp³-hybridized carbons (Fsp3) is 0.455. The highest BCUT2D eigenvalue weighted by Gasteiger charge is 2.35. The van der Waals surface area contributed by atoms with Crippen LogP contribution in [0.1, 0.15) is 46.8 Å². The molecule has 1 heterocycles. The number of ketones is 1. The van der Waals surface area contributed by atoms with Crippen molar-refractivity contribution in [3.05, 3.63) is 17.0 Å². The van der Waals surface area contributed by atoms with Crippen molar-refractivity contribution in [3.63, 3.8) is 0 Å². The molecule has 6 nitrogen and oxygen atoms in total. The Morgan fingerprint density at radius 3 is 2.59 bits per heavy atom. The van der Waals surface area contributed by atoms with Crippen molar-refractivity contribution >= 4 is 17.7 Å². The SMILES string of the molecule is CC1(C)CC(=O)c2c(nc(N)nc2C(=O)O)C1. The number of rotatable bonds is 1. The van der Waals surface area contributed by atoms with Gasteiger partial charge < -0.3 is 10.8 Å². The average Bonchev–Trinajstić information content (AvgIpc) is 2.12. The molecule has 0 aromatic carbocycles. The zero-order valence-electron chi connectivity index (χ0n) is 9.65. The Hall–Kier alpha value is -1.98. The summed E-state index contributed by atoms with van der Waals surface area (Å²) in [5.41, 5.74) is 5.51. The lowest BCUT2D eigenvalue weighted by Crippen LogP contribution is -2.30. The van der Waals surface area contributed by atoms with Crippen molar-refractivity contribution in [2.75, 3.05) is 5.73 Å². The minimum atomic E-state index is -1.25. The van der Waals surface area contributed by atoms with E-state index >= 15 is 0 Å². The number of nitrogens with two attached hydrogens (primary N) is 1. The third-order valence-corrected chi connectivity index (χ3v) is 2.77. The quantitative estimate of drug-likeness (QED) is 0.749. The van der Waals surface area contributed by atoms with Gasteiger partial charge in [-0.3, -0.25) is 4.79 Å². The topological polar surface area (TPSA) is 106 Å². The molecular formula is C11H13N3O3. The predicted octanol–water partition coefficient (Wildman–Crippen LogP) is 0.912. The fourth-order valence-corrected chi connectivity index (χ4v) is 2.14. The smallest absolute Gasteiger partial charge is 0.355 e. The molecule has 0 atom stereocenters. The molecule has 90 valence electrons. The molecule has 1 aliphatic rings. The van der Waals surface area contributed by atoms with Crippen LogP contribution in [0.3, 0.4) is 0 Å². The van der Waals surface area contributed by atoms with Gasteiger partial charge in [-0.2, -0.15) is 0 Å². The average molecular weight is 235 g/mol. The van der Waals surface area contributed by atoms with Gasteiger partial charge in [0.2, 0.25) is 5.95 Å². The number of hydrogen-bond acceptors (Lipinski definition) is 5. The van der Waals surface area contributed by atoms with Gasteiger partial charge in [0.25, 0.3) is 0 Å². The molecule has 1 aromatic rings. The first-order valence-corrected chi connectivity index (χ1v) is 5.23. The van der Waals surface area contributed by atoms with Gasteiger partial charge in [0, 0.05) is 6.42 Å². The number of nitrogen functional groups attached to an aromatic ring is 1. The molecule has 17 heavy (non-hydrogen) atoms. The second kappa shape index (κ2) is 3.51. The van der Waals surface area contributed by atoms with Crippen molar-refractivity contribution < 1.29 is 14.7 Å². The second-order valence-electron chi connectivity index (χ2n) is 5.00. The third-order valence-electron chi connectivity index (χ3n) is 2.77. The Morgan fingerprint density at radius 2 is 2.00 bits per heavy atom. The van der Waals surface area contributed by atoms with Crippen molar-refractivity contribution in [2.45, 2.75) is 26.7 Å². The Labute approximate surface area is 97.9 Å². The van der Waals surface area contributed by atoms with Crippen LogP contribution in [0.2, 0.25) is 0 Å². The third kappa shape index (κ3) is 1.98. The summed E-state index contributed by atoms with van der Waals surface area (Å²) in [6.45, 7) is 3.87.